The highest BCUT2D eigenvalue weighted by Gasteiger charge is 2.37. The third kappa shape index (κ3) is 3.99. The summed E-state index contributed by atoms with van der Waals surface area (Å²) in [5.41, 5.74) is 0.227. The van der Waals surface area contributed by atoms with E-state index in [2.05, 4.69) is 16.5 Å². The van der Waals surface area contributed by atoms with Gasteiger partial charge in [0, 0.05) is 13.1 Å². The molecule has 1 aromatic heterocycles. The van der Waals surface area contributed by atoms with Crippen LogP contribution < -0.4 is 5.32 Å². The molecule has 0 bridgehead atoms. The van der Waals surface area contributed by atoms with E-state index in [1.165, 1.54) is 0 Å². The number of rotatable bonds is 8. The Morgan fingerprint density at radius 3 is 2.85 bits per heavy atom. The summed E-state index contributed by atoms with van der Waals surface area (Å²) in [6, 6.07) is 2.47. The van der Waals surface area contributed by atoms with Crippen molar-refractivity contribution in [3.8, 4) is 0 Å². The zero-order valence-electron chi connectivity index (χ0n) is 12.3. The summed E-state index contributed by atoms with van der Waals surface area (Å²) in [4.78, 5) is 11.4. The molecular formula is C14H23N3O2S. The fourth-order valence-corrected chi connectivity index (χ4v) is 3.22. The lowest BCUT2D eigenvalue weighted by molar-refractivity contribution is -0.144. The summed E-state index contributed by atoms with van der Waals surface area (Å²) < 4.78 is 1.87. The van der Waals surface area contributed by atoms with Crippen molar-refractivity contribution in [3.63, 3.8) is 0 Å². The highest BCUT2D eigenvalue weighted by Crippen LogP contribution is 2.26. The largest absolute Gasteiger partial charge is 0.480 e. The number of thioether (sulfide) groups is 1. The van der Waals surface area contributed by atoms with E-state index in [0.717, 1.165) is 35.7 Å². The number of hydrogen-bond acceptors (Lipinski definition) is 4. The molecule has 2 rings (SSSR count). The Balaban J connectivity index is 1.78. The maximum atomic E-state index is 11.4. The molecule has 1 aromatic rings. The monoisotopic (exact) mass is 297 g/mol. The molecule has 0 saturated heterocycles. The number of carboxylic acid groups (broad SMARTS) is 1. The van der Waals surface area contributed by atoms with Crippen molar-refractivity contribution >= 4 is 17.7 Å². The van der Waals surface area contributed by atoms with Gasteiger partial charge in [0.25, 0.3) is 0 Å². The van der Waals surface area contributed by atoms with Crippen molar-refractivity contribution in [2.75, 3.05) is 5.75 Å². The minimum absolute atomic E-state index is 0.406. The lowest BCUT2D eigenvalue weighted by Crippen LogP contribution is -2.50. The second kappa shape index (κ2) is 6.18. The second-order valence-corrected chi connectivity index (χ2v) is 6.87. The van der Waals surface area contributed by atoms with Gasteiger partial charge < -0.3 is 5.11 Å². The van der Waals surface area contributed by atoms with Crippen LogP contribution >= 0.6 is 11.8 Å². The Kier molecular flexibility index (Phi) is 4.75. The first-order chi connectivity index (χ1) is 9.40. The van der Waals surface area contributed by atoms with Crippen molar-refractivity contribution in [1.82, 2.24) is 15.1 Å². The van der Waals surface area contributed by atoms with Crippen LogP contribution in [0.15, 0.2) is 11.1 Å². The molecule has 5 nitrogen and oxygen atoms in total. The van der Waals surface area contributed by atoms with E-state index in [1.54, 1.807) is 18.7 Å². The first kappa shape index (κ1) is 15.4. The van der Waals surface area contributed by atoms with Crippen molar-refractivity contribution in [3.05, 3.63) is 11.8 Å². The molecule has 2 N–H and O–H groups in total. The third-order valence-electron chi connectivity index (χ3n) is 3.60. The molecule has 112 valence electrons. The summed E-state index contributed by atoms with van der Waals surface area (Å²) >= 11 is 1.73. The molecule has 20 heavy (non-hydrogen) atoms. The Labute approximate surface area is 124 Å². The molecule has 1 unspecified atom stereocenters. The summed E-state index contributed by atoms with van der Waals surface area (Å²) in [5, 5.41) is 18.1. The van der Waals surface area contributed by atoms with E-state index in [0.29, 0.717) is 12.5 Å². The van der Waals surface area contributed by atoms with Gasteiger partial charge in [0.05, 0.1) is 10.7 Å². The average molecular weight is 297 g/mol. The maximum absolute atomic E-state index is 11.4. The first-order valence-electron chi connectivity index (χ1n) is 7.05. The number of aliphatic carboxylic acids is 1. The zero-order chi connectivity index (χ0) is 14.8. The van der Waals surface area contributed by atoms with Crippen molar-refractivity contribution in [2.45, 2.75) is 56.1 Å². The lowest BCUT2D eigenvalue weighted by atomic mass is 9.96. The molecule has 6 heteroatoms. The molecular weight excluding hydrogens is 274 g/mol. The summed E-state index contributed by atoms with van der Waals surface area (Å²) in [6.07, 6.45) is 3.73. The van der Waals surface area contributed by atoms with Crippen LogP contribution in [0.5, 0.6) is 0 Å². The fraction of sp³-hybridized carbons (Fsp3) is 0.714. The van der Waals surface area contributed by atoms with E-state index in [-0.39, 0.29) is 0 Å². The number of hydrogen-bond donors (Lipinski definition) is 2. The van der Waals surface area contributed by atoms with Crippen LogP contribution in [-0.2, 0) is 11.8 Å². The van der Waals surface area contributed by atoms with E-state index in [1.807, 2.05) is 18.7 Å². The number of carbonyl (C=O) groups is 1. The van der Waals surface area contributed by atoms with Gasteiger partial charge in [-0.1, -0.05) is 0 Å². The Morgan fingerprint density at radius 2 is 2.35 bits per heavy atom. The highest BCUT2D eigenvalue weighted by atomic mass is 32.2. The van der Waals surface area contributed by atoms with Gasteiger partial charge in [-0.15, -0.1) is 11.8 Å². The molecule has 0 radical (unpaired) electrons. The molecule has 0 aliphatic heterocycles. The minimum atomic E-state index is -0.788. The SMILES string of the molecule is Cc1cc(SCCCC(C)(NC2CC2)C(=O)O)n(C)n1. The molecule has 1 heterocycles. The van der Waals surface area contributed by atoms with Gasteiger partial charge in [0.1, 0.15) is 5.54 Å². The smallest absolute Gasteiger partial charge is 0.323 e. The van der Waals surface area contributed by atoms with Gasteiger partial charge in [0.2, 0.25) is 0 Å². The molecule has 1 aliphatic carbocycles. The average Bonchev–Trinajstić information content (AvgIpc) is 3.10. The molecule has 1 aliphatic rings. The van der Waals surface area contributed by atoms with Crippen LogP contribution in [0.2, 0.25) is 0 Å². The standard InChI is InChI=1S/C14H23N3O2S/c1-10-9-12(17(3)16-10)20-8-4-7-14(2,13(18)19)15-11-5-6-11/h9,11,15H,4-8H2,1-3H3,(H,18,19). The fourth-order valence-electron chi connectivity index (χ4n) is 2.24. The third-order valence-corrected chi connectivity index (χ3v) is 4.77. The van der Waals surface area contributed by atoms with Gasteiger partial charge in [-0.3, -0.25) is 14.8 Å². The highest BCUT2D eigenvalue weighted by molar-refractivity contribution is 7.99. The van der Waals surface area contributed by atoms with Crippen LogP contribution in [0.1, 0.15) is 38.3 Å². The van der Waals surface area contributed by atoms with E-state index >= 15 is 0 Å². The van der Waals surface area contributed by atoms with Gasteiger partial charge >= 0.3 is 5.97 Å². The zero-order valence-corrected chi connectivity index (χ0v) is 13.2. The Hall–Kier alpha value is -1.01. The molecule has 0 amide bonds. The quantitative estimate of drug-likeness (QED) is 0.569. The lowest BCUT2D eigenvalue weighted by Gasteiger charge is -2.26. The van der Waals surface area contributed by atoms with Crippen LogP contribution in [0.4, 0.5) is 0 Å². The number of aromatic nitrogens is 2. The van der Waals surface area contributed by atoms with Crippen molar-refractivity contribution in [2.24, 2.45) is 7.05 Å². The summed E-state index contributed by atoms with van der Waals surface area (Å²) in [6.45, 7) is 3.78. The normalized spacial score (nSPS) is 17.9. The van der Waals surface area contributed by atoms with Gasteiger partial charge in [-0.25, -0.2) is 0 Å². The predicted octanol–water partition coefficient (Wildman–Crippen LogP) is 2.20. The number of nitrogens with one attached hydrogen (secondary N) is 1. The molecule has 1 saturated carbocycles. The Morgan fingerprint density at radius 1 is 1.65 bits per heavy atom. The molecule has 1 fully saturated rings. The molecule has 0 aromatic carbocycles. The van der Waals surface area contributed by atoms with Crippen molar-refractivity contribution in [1.29, 1.82) is 0 Å². The van der Waals surface area contributed by atoms with Crippen LogP contribution in [-0.4, -0.2) is 38.2 Å². The van der Waals surface area contributed by atoms with Gasteiger partial charge in [-0.05, 0) is 51.3 Å². The predicted molar refractivity (Wildman–Crippen MR) is 80.1 cm³/mol. The summed E-state index contributed by atoms with van der Waals surface area (Å²) in [5.74, 6) is 0.166. The number of aryl methyl sites for hydroxylation is 2. The van der Waals surface area contributed by atoms with Gasteiger partial charge in [0.15, 0.2) is 0 Å². The molecule has 0 spiro atoms. The first-order valence-corrected chi connectivity index (χ1v) is 8.04. The Bertz CT molecular complexity index is 485. The second-order valence-electron chi connectivity index (χ2n) is 5.76. The van der Waals surface area contributed by atoms with Crippen LogP contribution in [0, 0.1) is 6.92 Å². The van der Waals surface area contributed by atoms with E-state index in [4.69, 9.17) is 0 Å². The maximum Gasteiger partial charge on any atom is 0.323 e. The number of nitrogens with zero attached hydrogens (tertiary/aromatic N) is 2. The topological polar surface area (TPSA) is 67.2 Å². The van der Waals surface area contributed by atoms with Crippen LogP contribution in [0.25, 0.3) is 0 Å². The number of carboxylic acids is 1. The van der Waals surface area contributed by atoms with E-state index < -0.39 is 11.5 Å². The van der Waals surface area contributed by atoms with Crippen molar-refractivity contribution < 1.29 is 9.90 Å². The summed E-state index contributed by atoms with van der Waals surface area (Å²) in [7, 11) is 1.94. The van der Waals surface area contributed by atoms with Crippen LogP contribution in [0.3, 0.4) is 0 Å². The minimum Gasteiger partial charge on any atom is -0.480 e. The van der Waals surface area contributed by atoms with Gasteiger partial charge in [-0.2, -0.15) is 5.10 Å². The van der Waals surface area contributed by atoms with E-state index in [9.17, 15) is 9.90 Å². The molecule has 1 atom stereocenters.